The van der Waals surface area contributed by atoms with Crippen molar-refractivity contribution in [2.75, 3.05) is 19.0 Å². The molecular formula is C22H27N3O6. The molecule has 0 saturated heterocycles. The molecule has 1 aliphatic rings. The average molecular weight is 429 g/mol. The lowest BCUT2D eigenvalue weighted by Gasteiger charge is -2.42. The highest BCUT2D eigenvalue weighted by atomic mass is 16.6. The number of methoxy groups -OCH3 is 1. The number of hydrogen-bond acceptors (Lipinski definition) is 7. The van der Waals surface area contributed by atoms with Crippen molar-refractivity contribution in [3.05, 3.63) is 57.6 Å². The molecule has 0 spiro atoms. The average Bonchev–Trinajstić information content (AvgIpc) is 2.71. The van der Waals surface area contributed by atoms with Gasteiger partial charge in [0.15, 0.2) is 0 Å². The first-order valence-electron chi connectivity index (χ1n) is 10.0. The van der Waals surface area contributed by atoms with Crippen LogP contribution in [0.3, 0.4) is 0 Å². The van der Waals surface area contributed by atoms with E-state index >= 15 is 0 Å². The summed E-state index contributed by atoms with van der Waals surface area (Å²) in [5, 5.41) is 28.3. The van der Waals surface area contributed by atoms with Crippen molar-refractivity contribution < 1.29 is 24.3 Å². The summed E-state index contributed by atoms with van der Waals surface area (Å²) in [7, 11) is 1.55. The number of likely N-dealkylation sites (N-methyl/N-ethyl adjacent to an activating group) is 1. The Morgan fingerprint density at radius 2 is 1.97 bits per heavy atom. The lowest BCUT2D eigenvalue weighted by atomic mass is 9.86. The molecule has 1 amide bonds. The number of nitrogens with zero attached hydrogens (tertiary/aromatic N) is 1. The number of fused-ring (bicyclic) bond motifs is 1. The van der Waals surface area contributed by atoms with E-state index in [1.54, 1.807) is 45.2 Å². The summed E-state index contributed by atoms with van der Waals surface area (Å²) in [4.78, 5) is 23.7. The number of carbonyl (C=O) groups excluding carboxylic acids is 1. The van der Waals surface area contributed by atoms with Gasteiger partial charge in [0.2, 0.25) is 5.91 Å². The lowest BCUT2D eigenvalue weighted by molar-refractivity contribution is -0.384. The van der Waals surface area contributed by atoms with Crippen molar-refractivity contribution in [1.29, 1.82) is 0 Å². The van der Waals surface area contributed by atoms with E-state index in [0.717, 1.165) is 5.56 Å². The summed E-state index contributed by atoms with van der Waals surface area (Å²) in [5.41, 5.74) is 0.140. The molecule has 0 bridgehead atoms. The SMILES string of the molecule is CCN[C@@H]1c2cc(NC(=O)Cc3ccc(OC)cc3)c([N+](=O)[O-])cc2OC(C)(C)[C@H]1O. The molecule has 0 aromatic heterocycles. The fourth-order valence-electron chi connectivity index (χ4n) is 3.65. The first kappa shape index (κ1) is 22.5. The largest absolute Gasteiger partial charge is 0.497 e. The first-order valence-corrected chi connectivity index (χ1v) is 10.0. The molecule has 0 saturated carbocycles. The minimum atomic E-state index is -0.938. The fourth-order valence-corrected chi connectivity index (χ4v) is 3.65. The van der Waals surface area contributed by atoms with Gasteiger partial charge in [-0.2, -0.15) is 0 Å². The molecule has 9 heteroatoms. The third-order valence-electron chi connectivity index (χ3n) is 5.28. The van der Waals surface area contributed by atoms with Crippen molar-refractivity contribution in [3.8, 4) is 11.5 Å². The highest BCUT2D eigenvalue weighted by Gasteiger charge is 2.43. The molecular weight excluding hydrogens is 402 g/mol. The van der Waals surface area contributed by atoms with Crippen LogP contribution in [0.2, 0.25) is 0 Å². The van der Waals surface area contributed by atoms with Crippen LogP contribution in [0.5, 0.6) is 11.5 Å². The second kappa shape index (κ2) is 8.91. The molecule has 2 atom stereocenters. The number of ether oxygens (including phenoxy) is 2. The minimum Gasteiger partial charge on any atom is -0.497 e. The molecule has 9 nitrogen and oxygen atoms in total. The van der Waals surface area contributed by atoms with E-state index in [-0.39, 0.29) is 17.8 Å². The van der Waals surface area contributed by atoms with Gasteiger partial charge in [-0.1, -0.05) is 19.1 Å². The zero-order valence-electron chi connectivity index (χ0n) is 18.0. The van der Waals surface area contributed by atoms with Gasteiger partial charge in [0.1, 0.15) is 28.9 Å². The molecule has 0 unspecified atom stereocenters. The summed E-state index contributed by atoms with van der Waals surface area (Å²) in [6.07, 6.45) is -0.842. The molecule has 3 rings (SSSR count). The second-order valence-corrected chi connectivity index (χ2v) is 7.92. The molecule has 166 valence electrons. The number of nitro groups is 1. The summed E-state index contributed by atoms with van der Waals surface area (Å²) in [5.74, 6) is 0.581. The van der Waals surface area contributed by atoms with Gasteiger partial charge in [-0.25, -0.2) is 0 Å². The summed E-state index contributed by atoms with van der Waals surface area (Å²) < 4.78 is 11.0. The summed E-state index contributed by atoms with van der Waals surface area (Å²) in [6, 6.07) is 9.31. The van der Waals surface area contributed by atoms with E-state index in [4.69, 9.17) is 9.47 Å². The van der Waals surface area contributed by atoms with Gasteiger partial charge in [-0.3, -0.25) is 14.9 Å². The topological polar surface area (TPSA) is 123 Å². The van der Waals surface area contributed by atoms with Crippen LogP contribution in [0.15, 0.2) is 36.4 Å². The van der Waals surface area contributed by atoms with Crippen molar-refractivity contribution in [3.63, 3.8) is 0 Å². The Kier molecular flexibility index (Phi) is 6.47. The first-order chi connectivity index (χ1) is 14.7. The van der Waals surface area contributed by atoms with Gasteiger partial charge in [0.05, 0.1) is 30.6 Å². The number of carbonyl (C=O) groups is 1. The molecule has 0 fully saturated rings. The van der Waals surface area contributed by atoms with Crippen LogP contribution in [0.1, 0.15) is 37.9 Å². The van der Waals surface area contributed by atoms with Crippen molar-refractivity contribution >= 4 is 17.3 Å². The van der Waals surface area contributed by atoms with E-state index in [0.29, 0.717) is 23.6 Å². The van der Waals surface area contributed by atoms with Crippen molar-refractivity contribution in [2.45, 2.75) is 44.9 Å². The Labute approximate surface area is 180 Å². The third kappa shape index (κ3) is 4.78. The monoisotopic (exact) mass is 429 g/mol. The van der Waals surface area contributed by atoms with Gasteiger partial charge in [0, 0.05) is 5.56 Å². The standard InChI is InChI=1S/C22H27N3O6/c1-5-23-20-15-11-16(24-19(26)10-13-6-8-14(30-4)9-7-13)17(25(28)29)12-18(15)31-22(2,3)21(20)27/h6-9,11-12,20-21,23,27H,5,10H2,1-4H3,(H,24,26)/t20-,21+/m1/s1. The normalized spacial score (nSPS) is 19.1. The number of aliphatic hydroxyl groups is 1. The van der Waals surface area contributed by atoms with E-state index in [9.17, 15) is 20.0 Å². The zero-order valence-corrected chi connectivity index (χ0v) is 18.0. The predicted molar refractivity (Wildman–Crippen MR) is 116 cm³/mol. The number of anilines is 1. The maximum atomic E-state index is 12.6. The van der Waals surface area contributed by atoms with E-state index in [1.165, 1.54) is 12.1 Å². The van der Waals surface area contributed by atoms with Crippen LogP contribution in [-0.2, 0) is 11.2 Å². The number of benzene rings is 2. The predicted octanol–water partition coefficient (Wildman–Crippen LogP) is 2.97. The molecule has 1 aliphatic heterocycles. The number of hydrogen-bond donors (Lipinski definition) is 3. The van der Waals surface area contributed by atoms with Crippen LogP contribution in [-0.4, -0.2) is 41.3 Å². The Balaban J connectivity index is 1.92. The van der Waals surface area contributed by atoms with Crippen molar-refractivity contribution in [1.82, 2.24) is 5.32 Å². The smallest absolute Gasteiger partial charge is 0.296 e. The quantitative estimate of drug-likeness (QED) is 0.457. The zero-order chi connectivity index (χ0) is 22.8. The Bertz CT molecular complexity index is 974. The number of amides is 1. The lowest BCUT2D eigenvalue weighted by Crippen LogP contribution is -2.52. The molecule has 0 radical (unpaired) electrons. The highest BCUT2D eigenvalue weighted by molar-refractivity contribution is 5.95. The van der Waals surface area contributed by atoms with Crippen molar-refractivity contribution in [2.24, 2.45) is 0 Å². The maximum absolute atomic E-state index is 12.6. The fraction of sp³-hybridized carbons (Fsp3) is 0.409. The van der Waals surface area contributed by atoms with E-state index < -0.39 is 28.6 Å². The van der Waals surface area contributed by atoms with Crippen LogP contribution in [0, 0.1) is 10.1 Å². The van der Waals surface area contributed by atoms with E-state index in [2.05, 4.69) is 10.6 Å². The van der Waals surface area contributed by atoms with Gasteiger partial charge in [0.25, 0.3) is 5.69 Å². The molecule has 0 aliphatic carbocycles. The number of nitrogens with one attached hydrogen (secondary N) is 2. The molecule has 3 N–H and O–H groups in total. The number of aliphatic hydroxyl groups excluding tert-OH is 1. The Morgan fingerprint density at radius 3 is 2.55 bits per heavy atom. The maximum Gasteiger partial charge on any atom is 0.296 e. The summed E-state index contributed by atoms with van der Waals surface area (Å²) >= 11 is 0. The Hall–Kier alpha value is -3.17. The molecule has 2 aromatic rings. The Morgan fingerprint density at radius 1 is 1.29 bits per heavy atom. The third-order valence-corrected chi connectivity index (χ3v) is 5.28. The number of rotatable bonds is 7. The van der Waals surface area contributed by atoms with E-state index in [1.807, 2.05) is 6.92 Å². The highest BCUT2D eigenvalue weighted by Crippen LogP contribution is 2.44. The van der Waals surface area contributed by atoms with Crippen LogP contribution >= 0.6 is 0 Å². The minimum absolute atomic E-state index is 0.0427. The molecule has 2 aromatic carbocycles. The van der Waals surface area contributed by atoms with Gasteiger partial charge < -0.3 is 25.2 Å². The molecule has 31 heavy (non-hydrogen) atoms. The van der Waals surface area contributed by atoms with Gasteiger partial charge in [-0.15, -0.1) is 0 Å². The molecule has 1 heterocycles. The van der Waals surface area contributed by atoms with Crippen LogP contribution in [0.4, 0.5) is 11.4 Å². The van der Waals surface area contributed by atoms with Crippen LogP contribution in [0.25, 0.3) is 0 Å². The van der Waals surface area contributed by atoms with Gasteiger partial charge in [-0.05, 0) is 44.2 Å². The second-order valence-electron chi connectivity index (χ2n) is 7.92. The number of nitro benzene ring substituents is 1. The summed E-state index contributed by atoms with van der Waals surface area (Å²) in [6.45, 7) is 5.92. The van der Waals surface area contributed by atoms with Gasteiger partial charge >= 0.3 is 0 Å². The van der Waals surface area contributed by atoms with Crippen LogP contribution < -0.4 is 20.1 Å².